The molecule has 0 aliphatic carbocycles. The van der Waals surface area contributed by atoms with Crippen molar-refractivity contribution in [2.24, 2.45) is 0 Å². The molecule has 1 heterocycles. The van der Waals surface area contributed by atoms with Gasteiger partial charge in [-0.3, -0.25) is 0 Å². The minimum Gasteiger partial charge on any atom is -0.224 e. The number of nitrogens with zero attached hydrogens (tertiary/aromatic N) is 1. The average Bonchev–Trinajstić information content (AvgIpc) is 2.43. The van der Waals surface area contributed by atoms with Crippen LogP contribution in [0.3, 0.4) is 0 Å². The summed E-state index contributed by atoms with van der Waals surface area (Å²) in [4.78, 5) is 4.10. The van der Waals surface area contributed by atoms with E-state index in [9.17, 15) is 0 Å². The summed E-state index contributed by atoms with van der Waals surface area (Å²) in [5.74, 6) is 0. The second kappa shape index (κ2) is 7.85. The zero-order chi connectivity index (χ0) is 14.4. The average molecular weight is 310 g/mol. The second-order valence-electron chi connectivity index (χ2n) is 5.31. The summed E-state index contributed by atoms with van der Waals surface area (Å²) in [6.45, 7) is 2.25. The van der Waals surface area contributed by atoms with E-state index >= 15 is 0 Å². The maximum absolute atomic E-state index is 6.16. The van der Waals surface area contributed by atoms with Crippen LogP contribution in [0, 0.1) is 0 Å². The summed E-state index contributed by atoms with van der Waals surface area (Å²) >= 11 is 12.1. The number of fused-ring (bicyclic) bond motifs is 1. The number of halogens is 2. The van der Waals surface area contributed by atoms with E-state index in [0.717, 1.165) is 17.2 Å². The van der Waals surface area contributed by atoms with Gasteiger partial charge in [0.1, 0.15) is 10.3 Å². The highest BCUT2D eigenvalue weighted by molar-refractivity contribution is 6.36. The zero-order valence-corrected chi connectivity index (χ0v) is 13.5. The van der Waals surface area contributed by atoms with E-state index in [-0.39, 0.29) is 0 Å². The number of aromatic nitrogens is 1. The summed E-state index contributed by atoms with van der Waals surface area (Å²) in [5, 5.41) is 3.00. The Bertz CT molecular complexity index is 566. The molecule has 0 aliphatic heterocycles. The lowest BCUT2D eigenvalue weighted by Crippen LogP contribution is -1.88. The summed E-state index contributed by atoms with van der Waals surface area (Å²) in [6.07, 6.45) is 9.04. The number of unbranched alkanes of at least 4 members (excludes halogenated alkanes) is 5. The first-order chi connectivity index (χ1) is 9.70. The van der Waals surface area contributed by atoms with Gasteiger partial charge in [0.2, 0.25) is 0 Å². The molecule has 0 radical (unpaired) electrons. The Morgan fingerprint density at radius 2 is 1.70 bits per heavy atom. The van der Waals surface area contributed by atoms with Gasteiger partial charge in [-0.15, -0.1) is 0 Å². The predicted molar refractivity (Wildman–Crippen MR) is 88.8 cm³/mol. The van der Waals surface area contributed by atoms with Gasteiger partial charge >= 0.3 is 0 Å². The molecule has 3 heteroatoms. The van der Waals surface area contributed by atoms with Crippen molar-refractivity contribution in [3.05, 3.63) is 40.1 Å². The van der Waals surface area contributed by atoms with Crippen molar-refractivity contribution >= 4 is 34.0 Å². The molecule has 108 valence electrons. The topological polar surface area (TPSA) is 12.9 Å². The third-order valence-corrected chi connectivity index (χ3v) is 4.12. The van der Waals surface area contributed by atoms with Gasteiger partial charge in [0.15, 0.2) is 0 Å². The van der Waals surface area contributed by atoms with Crippen LogP contribution in [-0.4, -0.2) is 4.98 Å². The molecule has 1 nitrogen and oxygen atoms in total. The van der Waals surface area contributed by atoms with Crippen molar-refractivity contribution < 1.29 is 0 Å². The molecule has 0 amide bonds. The van der Waals surface area contributed by atoms with Gasteiger partial charge in [-0.05, 0) is 35.9 Å². The van der Waals surface area contributed by atoms with Crippen molar-refractivity contribution in [2.75, 3.05) is 0 Å². The van der Waals surface area contributed by atoms with Crippen LogP contribution in [-0.2, 0) is 6.42 Å². The van der Waals surface area contributed by atoms with Crippen LogP contribution in [0.5, 0.6) is 0 Å². The Morgan fingerprint density at radius 1 is 0.950 bits per heavy atom. The molecule has 0 N–H and O–H groups in total. The van der Waals surface area contributed by atoms with E-state index in [1.54, 1.807) is 0 Å². The van der Waals surface area contributed by atoms with E-state index in [4.69, 9.17) is 23.2 Å². The largest absolute Gasteiger partial charge is 0.224 e. The number of pyridine rings is 1. The highest BCUT2D eigenvalue weighted by Gasteiger charge is 2.04. The maximum Gasteiger partial charge on any atom is 0.138 e. The SMILES string of the molecule is CCCCCCCCc1ccc2cc(Cl)nc(Cl)c2c1. The Hall–Kier alpha value is -0.790. The summed E-state index contributed by atoms with van der Waals surface area (Å²) in [6, 6.07) is 8.26. The van der Waals surface area contributed by atoms with Crippen LogP contribution < -0.4 is 0 Å². The van der Waals surface area contributed by atoms with Crippen LogP contribution in [0.2, 0.25) is 10.3 Å². The number of hydrogen-bond acceptors (Lipinski definition) is 1. The lowest BCUT2D eigenvalue weighted by atomic mass is 10.0. The van der Waals surface area contributed by atoms with E-state index in [2.05, 4.69) is 30.1 Å². The summed E-state index contributed by atoms with van der Waals surface area (Å²) < 4.78 is 0. The van der Waals surface area contributed by atoms with Crippen molar-refractivity contribution in [3.63, 3.8) is 0 Å². The molecule has 20 heavy (non-hydrogen) atoms. The van der Waals surface area contributed by atoms with Crippen molar-refractivity contribution in [1.29, 1.82) is 0 Å². The molecule has 0 atom stereocenters. The van der Waals surface area contributed by atoms with E-state index in [0.29, 0.717) is 10.3 Å². The first-order valence-electron chi connectivity index (χ1n) is 7.45. The molecule has 0 spiro atoms. The third-order valence-electron chi connectivity index (χ3n) is 3.64. The molecular weight excluding hydrogens is 289 g/mol. The molecule has 1 aromatic heterocycles. The molecule has 0 aliphatic rings. The van der Waals surface area contributed by atoms with Crippen LogP contribution in [0.25, 0.3) is 10.8 Å². The first-order valence-corrected chi connectivity index (χ1v) is 8.21. The fraction of sp³-hybridized carbons (Fsp3) is 0.471. The molecule has 0 saturated heterocycles. The number of rotatable bonds is 7. The number of hydrogen-bond donors (Lipinski definition) is 0. The maximum atomic E-state index is 6.16. The Morgan fingerprint density at radius 3 is 2.50 bits per heavy atom. The fourth-order valence-corrected chi connectivity index (χ4v) is 2.99. The predicted octanol–water partition coefficient (Wildman–Crippen LogP) is 6.44. The summed E-state index contributed by atoms with van der Waals surface area (Å²) in [7, 11) is 0. The Kier molecular flexibility index (Phi) is 6.12. The van der Waals surface area contributed by atoms with E-state index < -0.39 is 0 Å². The highest BCUT2D eigenvalue weighted by Crippen LogP contribution is 2.26. The highest BCUT2D eigenvalue weighted by atomic mass is 35.5. The van der Waals surface area contributed by atoms with Gasteiger partial charge in [0.05, 0.1) is 0 Å². The van der Waals surface area contributed by atoms with Gasteiger partial charge < -0.3 is 0 Å². The standard InChI is InChI=1S/C17H21Cl2N/c1-2-3-4-5-6-7-8-13-9-10-14-12-16(18)20-17(19)15(14)11-13/h9-12H,2-8H2,1H3. The van der Waals surface area contributed by atoms with Crippen molar-refractivity contribution in [1.82, 2.24) is 4.98 Å². The van der Waals surface area contributed by atoms with Crippen molar-refractivity contribution in [2.45, 2.75) is 51.9 Å². The molecule has 2 aromatic rings. The minimum absolute atomic E-state index is 0.450. The number of aryl methyl sites for hydroxylation is 1. The minimum atomic E-state index is 0.450. The monoisotopic (exact) mass is 309 g/mol. The normalized spacial score (nSPS) is 11.2. The molecule has 0 saturated carbocycles. The lowest BCUT2D eigenvalue weighted by Gasteiger charge is -2.06. The Labute approximate surface area is 131 Å². The third kappa shape index (κ3) is 4.36. The van der Waals surface area contributed by atoms with Crippen molar-refractivity contribution in [3.8, 4) is 0 Å². The van der Waals surface area contributed by atoms with Crippen LogP contribution >= 0.6 is 23.2 Å². The van der Waals surface area contributed by atoms with E-state index in [1.165, 1.54) is 44.1 Å². The molecule has 0 fully saturated rings. The molecular formula is C17H21Cl2N. The fourth-order valence-electron chi connectivity index (χ4n) is 2.49. The zero-order valence-electron chi connectivity index (χ0n) is 12.0. The van der Waals surface area contributed by atoms with Crippen LogP contribution in [0.15, 0.2) is 24.3 Å². The Balaban J connectivity index is 1.94. The summed E-state index contributed by atoms with van der Waals surface area (Å²) in [5.41, 5.74) is 1.33. The molecule has 2 rings (SSSR count). The molecule has 0 unspecified atom stereocenters. The van der Waals surface area contributed by atoms with Gasteiger partial charge in [0.25, 0.3) is 0 Å². The van der Waals surface area contributed by atoms with Gasteiger partial charge in [0, 0.05) is 5.39 Å². The molecule has 0 bridgehead atoms. The molecule has 1 aromatic carbocycles. The van der Waals surface area contributed by atoms with Gasteiger partial charge in [-0.2, -0.15) is 0 Å². The van der Waals surface area contributed by atoms with E-state index in [1.807, 2.05) is 6.07 Å². The smallest absolute Gasteiger partial charge is 0.138 e. The lowest BCUT2D eigenvalue weighted by molar-refractivity contribution is 0.607. The second-order valence-corrected chi connectivity index (χ2v) is 6.05. The van der Waals surface area contributed by atoms with Gasteiger partial charge in [-0.25, -0.2) is 4.98 Å². The van der Waals surface area contributed by atoms with Crippen LogP contribution in [0.4, 0.5) is 0 Å². The van der Waals surface area contributed by atoms with Gasteiger partial charge in [-0.1, -0.05) is 74.4 Å². The van der Waals surface area contributed by atoms with Crippen LogP contribution in [0.1, 0.15) is 51.0 Å². The quantitative estimate of drug-likeness (QED) is 0.423. The number of benzene rings is 1. The first kappa shape index (κ1) is 15.6.